The van der Waals surface area contributed by atoms with Crippen molar-refractivity contribution >= 4 is 16.9 Å². The third-order valence-electron chi connectivity index (χ3n) is 5.15. The highest BCUT2D eigenvalue weighted by Crippen LogP contribution is 2.23. The fourth-order valence-electron chi connectivity index (χ4n) is 3.28. The molecule has 1 amide bonds. The Bertz CT molecular complexity index is 1050. The highest BCUT2D eigenvalue weighted by molar-refractivity contribution is 5.94. The van der Waals surface area contributed by atoms with E-state index in [2.05, 4.69) is 24.1 Å². The minimum Gasteiger partial charge on any atom is -0.489 e. The average molecular weight is 408 g/mol. The number of ether oxygens (including phenoxy) is 1. The topological polar surface area (TPSA) is 71.8 Å². The molecule has 6 nitrogen and oxygen atoms in total. The van der Waals surface area contributed by atoms with Crippen molar-refractivity contribution in [2.75, 3.05) is 26.2 Å². The van der Waals surface area contributed by atoms with Gasteiger partial charge in [-0.3, -0.25) is 4.79 Å². The van der Waals surface area contributed by atoms with Crippen molar-refractivity contribution in [1.29, 1.82) is 0 Å². The maximum absolute atomic E-state index is 12.3. The van der Waals surface area contributed by atoms with Crippen LogP contribution < -0.4 is 15.7 Å². The lowest BCUT2D eigenvalue weighted by Gasteiger charge is -2.18. The zero-order valence-electron chi connectivity index (χ0n) is 17.7. The Morgan fingerprint density at radius 3 is 2.50 bits per heavy atom. The molecule has 6 heteroatoms. The van der Waals surface area contributed by atoms with E-state index in [4.69, 9.17) is 9.15 Å². The summed E-state index contributed by atoms with van der Waals surface area (Å²) >= 11 is 0. The van der Waals surface area contributed by atoms with E-state index < -0.39 is 0 Å². The van der Waals surface area contributed by atoms with Crippen LogP contribution in [0.2, 0.25) is 0 Å². The van der Waals surface area contributed by atoms with Crippen molar-refractivity contribution < 1.29 is 13.9 Å². The molecule has 0 aliphatic carbocycles. The maximum Gasteiger partial charge on any atom is 0.336 e. The van der Waals surface area contributed by atoms with E-state index in [1.54, 1.807) is 18.2 Å². The predicted octanol–water partition coefficient (Wildman–Crippen LogP) is 3.75. The van der Waals surface area contributed by atoms with E-state index in [9.17, 15) is 9.59 Å². The summed E-state index contributed by atoms with van der Waals surface area (Å²) in [5.41, 5.74) is 2.58. The highest BCUT2D eigenvalue weighted by atomic mass is 16.5. The van der Waals surface area contributed by atoms with Crippen LogP contribution in [0.5, 0.6) is 5.75 Å². The van der Waals surface area contributed by atoms with Crippen LogP contribution in [0.3, 0.4) is 0 Å². The Morgan fingerprint density at radius 1 is 1.07 bits per heavy atom. The largest absolute Gasteiger partial charge is 0.489 e. The Hall–Kier alpha value is -3.12. The summed E-state index contributed by atoms with van der Waals surface area (Å²) in [6.07, 6.45) is 0. The molecule has 0 aliphatic rings. The second kappa shape index (κ2) is 10.1. The van der Waals surface area contributed by atoms with Crippen LogP contribution in [0.15, 0.2) is 57.7 Å². The zero-order chi connectivity index (χ0) is 21.5. The molecule has 0 unspecified atom stereocenters. The zero-order valence-corrected chi connectivity index (χ0v) is 17.7. The van der Waals surface area contributed by atoms with E-state index in [0.29, 0.717) is 30.0 Å². The van der Waals surface area contributed by atoms with E-state index >= 15 is 0 Å². The predicted molar refractivity (Wildman–Crippen MR) is 118 cm³/mol. The lowest BCUT2D eigenvalue weighted by molar-refractivity contribution is 0.0949. The molecular formula is C24H28N2O4. The van der Waals surface area contributed by atoms with Gasteiger partial charge in [-0.25, -0.2) is 4.79 Å². The Kier molecular flexibility index (Phi) is 7.25. The summed E-state index contributed by atoms with van der Waals surface area (Å²) in [7, 11) is 0. The van der Waals surface area contributed by atoms with Gasteiger partial charge >= 0.3 is 5.63 Å². The number of nitrogens with one attached hydrogen (secondary N) is 1. The number of benzene rings is 2. The van der Waals surface area contributed by atoms with Gasteiger partial charge in [-0.2, -0.15) is 0 Å². The molecule has 0 bridgehead atoms. The van der Waals surface area contributed by atoms with Crippen LogP contribution in [0, 0.1) is 6.92 Å². The lowest BCUT2D eigenvalue weighted by atomic mass is 10.1. The molecular weight excluding hydrogens is 380 g/mol. The van der Waals surface area contributed by atoms with Crippen molar-refractivity contribution in [2.24, 2.45) is 0 Å². The van der Waals surface area contributed by atoms with Gasteiger partial charge in [0.05, 0.1) is 0 Å². The third kappa shape index (κ3) is 5.48. The number of aryl methyl sites for hydroxylation is 1. The number of amides is 1. The Labute approximate surface area is 176 Å². The molecule has 1 heterocycles. The second-order valence-corrected chi connectivity index (χ2v) is 7.17. The van der Waals surface area contributed by atoms with Gasteiger partial charge in [0.1, 0.15) is 17.9 Å². The third-order valence-corrected chi connectivity index (χ3v) is 5.15. The number of hydrogen-bond donors (Lipinski definition) is 1. The average Bonchev–Trinajstić information content (AvgIpc) is 2.75. The Morgan fingerprint density at radius 2 is 1.80 bits per heavy atom. The number of carbonyl (C=O) groups is 1. The summed E-state index contributed by atoms with van der Waals surface area (Å²) in [6, 6.07) is 14.3. The van der Waals surface area contributed by atoms with E-state index in [1.807, 2.05) is 31.2 Å². The first-order valence-electron chi connectivity index (χ1n) is 10.3. The standard InChI is InChI=1S/C24H28N2O4/c1-4-26(5-2)13-12-25-24(28)19-8-6-18(7-9-19)16-29-20-10-11-21-17(3)14-23(27)30-22(21)15-20/h6-11,14-15H,4-5,12-13,16H2,1-3H3,(H,25,28). The number of fused-ring (bicyclic) bond motifs is 1. The van der Waals surface area contributed by atoms with Crippen molar-refractivity contribution in [3.63, 3.8) is 0 Å². The number of rotatable bonds is 9. The first-order chi connectivity index (χ1) is 14.5. The van der Waals surface area contributed by atoms with Crippen LogP contribution in [0.1, 0.15) is 35.3 Å². The molecule has 1 N–H and O–H groups in total. The van der Waals surface area contributed by atoms with Gasteiger partial charge < -0.3 is 19.4 Å². The van der Waals surface area contributed by atoms with Crippen LogP contribution >= 0.6 is 0 Å². The van der Waals surface area contributed by atoms with Crippen LogP contribution in [-0.2, 0) is 6.61 Å². The summed E-state index contributed by atoms with van der Waals surface area (Å²) in [4.78, 5) is 26.1. The smallest absolute Gasteiger partial charge is 0.336 e. The first-order valence-corrected chi connectivity index (χ1v) is 10.3. The van der Waals surface area contributed by atoms with E-state index in [0.717, 1.165) is 36.1 Å². The summed E-state index contributed by atoms with van der Waals surface area (Å²) in [5.74, 6) is 0.545. The Balaban J connectivity index is 1.56. The molecule has 3 rings (SSSR count). The van der Waals surface area contributed by atoms with Crippen LogP contribution in [-0.4, -0.2) is 37.0 Å². The van der Waals surface area contributed by atoms with Gasteiger partial charge in [0, 0.05) is 36.2 Å². The molecule has 0 spiro atoms. The minimum absolute atomic E-state index is 0.0745. The van der Waals surface area contributed by atoms with Gasteiger partial charge in [0.2, 0.25) is 0 Å². The molecule has 0 saturated carbocycles. The minimum atomic E-state index is -0.372. The van der Waals surface area contributed by atoms with Gasteiger partial charge in [0.25, 0.3) is 5.91 Å². The van der Waals surface area contributed by atoms with E-state index in [1.165, 1.54) is 6.07 Å². The van der Waals surface area contributed by atoms with Gasteiger partial charge in [0.15, 0.2) is 0 Å². The molecule has 1 aromatic heterocycles. The number of hydrogen-bond acceptors (Lipinski definition) is 5. The molecule has 0 fully saturated rings. The molecule has 0 saturated heterocycles. The SMILES string of the molecule is CCN(CC)CCNC(=O)c1ccc(COc2ccc3c(C)cc(=O)oc3c2)cc1. The maximum atomic E-state index is 12.3. The second-order valence-electron chi connectivity index (χ2n) is 7.17. The van der Waals surface area contributed by atoms with Crippen molar-refractivity contribution in [3.05, 3.63) is 75.6 Å². The monoisotopic (exact) mass is 408 g/mol. The molecule has 0 radical (unpaired) electrons. The van der Waals surface area contributed by atoms with Crippen molar-refractivity contribution in [1.82, 2.24) is 10.2 Å². The summed E-state index contributed by atoms with van der Waals surface area (Å²) in [6.45, 7) is 9.88. The summed E-state index contributed by atoms with van der Waals surface area (Å²) in [5, 5.41) is 3.84. The van der Waals surface area contributed by atoms with Crippen LogP contribution in [0.25, 0.3) is 11.0 Å². The molecule has 0 aliphatic heterocycles. The quantitative estimate of drug-likeness (QED) is 0.546. The highest BCUT2D eigenvalue weighted by Gasteiger charge is 2.07. The molecule has 3 aromatic rings. The van der Waals surface area contributed by atoms with Gasteiger partial charge in [-0.1, -0.05) is 26.0 Å². The van der Waals surface area contributed by atoms with Gasteiger partial charge in [-0.15, -0.1) is 0 Å². The molecule has 30 heavy (non-hydrogen) atoms. The summed E-state index contributed by atoms with van der Waals surface area (Å²) < 4.78 is 11.1. The number of likely N-dealkylation sites (N-methyl/N-ethyl adjacent to an activating group) is 1. The van der Waals surface area contributed by atoms with Crippen molar-refractivity contribution in [2.45, 2.75) is 27.4 Å². The van der Waals surface area contributed by atoms with E-state index in [-0.39, 0.29) is 11.5 Å². The molecule has 0 atom stereocenters. The fraction of sp³-hybridized carbons (Fsp3) is 0.333. The molecule has 2 aromatic carbocycles. The van der Waals surface area contributed by atoms with Crippen LogP contribution in [0.4, 0.5) is 0 Å². The fourth-order valence-corrected chi connectivity index (χ4v) is 3.28. The lowest BCUT2D eigenvalue weighted by Crippen LogP contribution is -2.34. The van der Waals surface area contributed by atoms with Gasteiger partial charge in [-0.05, 0) is 55.4 Å². The van der Waals surface area contributed by atoms with Crippen molar-refractivity contribution in [3.8, 4) is 5.75 Å². The first kappa shape index (κ1) is 21.6. The number of carbonyl (C=O) groups excluding carboxylic acids is 1. The number of nitrogens with zero attached hydrogens (tertiary/aromatic N) is 1. The molecule has 158 valence electrons. The normalized spacial score (nSPS) is 11.1.